The number of allylic oxidation sites excluding steroid dienone is 2. The van der Waals surface area contributed by atoms with Gasteiger partial charge < -0.3 is 89.7 Å². The molecule has 18 nitrogen and oxygen atoms in total. The van der Waals surface area contributed by atoms with Crippen molar-refractivity contribution in [3.05, 3.63) is 11.6 Å². The summed E-state index contributed by atoms with van der Waals surface area (Å²) in [6, 6.07) is 0. The molecule has 0 amide bonds. The third-order valence-electron chi connectivity index (χ3n) is 17.6. The Hall–Kier alpha value is -0.980. The summed E-state index contributed by atoms with van der Waals surface area (Å²) in [6.45, 7) is 12.7. The molecule has 4 saturated carbocycles. The van der Waals surface area contributed by atoms with Crippen LogP contribution in [0.25, 0.3) is 0 Å². The Kier molecular flexibility index (Phi) is 15.2. The van der Waals surface area contributed by atoms with Gasteiger partial charge in [-0.05, 0) is 118 Å². The van der Waals surface area contributed by atoms with Crippen LogP contribution in [0.1, 0.15) is 99.8 Å². The molecule has 18 heteroatoms. The summed E-state index contributed by atoms with van der Waals surface area (Å²) in [7, 11) is 0. The first-order valence-corrected chi connectivity index (χ1v) is 23.5. The van der Waals surface area contributed by atoms with Gasteiger partial charge in [-0.2, -0.15) is 0 Å². The zero-order valence-corrected chi connectivity index (χ0v) is 38.4. The number of aliphatic hydroxyl groups excluding tert-OH is 12. The summed E-state index contributed by atoms with van der Waals surface area (Å²) in [6.07, 6.45) is -16.9. The summed E-state index contributed by atoms with van der Waals surface area (Å²) < 4.78 is 37.5. The minimum absolute atomic E-state index is 0.0296. The molecule has 0 aromatic carbocycles. The van der Waals surface area contributed by atoms with Crippen LogP contribution in [0.5, 0.6) is 0 Å². The molecule has 25 atom stereocenters. The number of rotatable bonds is 12. The highest BCUT2D eigenvalue weighted by Crippen LogP contribution is 2.72. The summed E-state index contributed by atoms with van der Waals surface area (Å²) in [5, 5.41) is 131. The van der Waals surface area contributed by atoms with Gasteiger partial charge in [-0.15, -0.1) is 0 Å². The first-order valence-electron chi connectivity index (χ1n) is 23.5. The van der Waals surface area contributed by atoms with Crippen molar-refractivity contribution >= 4 is 0 Å². The highest BCUT2D eigenvalue weighted by atomic mass is 16.8. The predicted octanol–water partition coefficient (Wildman–Crippen LogP) is -0.807. The van der Waals surface area contributed by atoms with Crippen LogP contribution >= 0.6 is 0 Å². The molecule has 7 rings (SSSR count). The first-order chi connectivity index (χ1) is 29.9. The third-order valence-corrected chi connectivity index (χ3v) is 17.6. The van der Waals surface area contributed by atoms with E-state index in [4.69, 9.17) is 28.4 Å². The molecule has 64 heavy (non-hydrogen) atoms. The Bertz CT molecular complexity index is 1610. The molecule has 25 unspecified atom stereocenters. The molecule has 7 aliphatic rings. The van der Waals surface area contributed by atoms with E-state index in [1.807, 2.05) is 34.6 Å². The Morgan fingerprint density at radius 2 is 1.27 bits per heavy atom. The molecule has 0 aromatic heterocycles. The van der Waals surface area contributed by atoms with Gasteiger partial charge in [0.2, 0.25) is 0 Å². The molecule has 0 bridgehead atoms. The summed E-state index contributed by atoms with van der Waals surface area (Å²) in [5.41, 5.74) is -1.69. The second kappa shape index (κ2) is 19.1. The highest BCUT2D eigenvalue weighted by Gasteiger charge is 2.70. The van der Waals surface area contributed by atoms with E-state index in [9.17, 15) is 61.3 Å². The second-order valence-corrected chi connectivity index (χ2v) is 22.0. The van der Waals surface area contributed by atoms with E-state index in [1.54, 1.807) is 0 Å². The Morgan fingerprint density at radius 1 is 0.672 bits per heavy atom. The highest BCUT2D eigenvalue weighted by molar-refractivity contribution is 5.18. The molecule has 0 radical (unpaired) electrons. The van der Waals surface area contributed by atoms with Crippen LogP contribution in [0.3, 0.4) is 0 Å². The van der Waals surface area contributed by atoms with E-state index in [2.05, 4.69) is 19.9 Å². The number of hydrogen-bond acceptors (Lipinski definition) is 18. The molecular formula is C46H78O18. The fourth-order valence-corrected chi connectivity index (χ4v) is 14.1. The van der Waals surface area contributed by atoms with Gasteiger partial charge in [0.25, 0.3) is 0 Å². The average Bonchev–Trinajstić information content (AvgIpc) is 3.62. The van der Waals surface area contributed by atoms with Crippen LogP contribution < -0.4 is 0 Å². The number of fused-ring (bicyclic) bond motifs is 5. The largest absolute Gasteiger partial charge is 0.394 e. The monoisotopic (exact) mass is 919 g/mol. The first kappa shape index (κ1) is 50.9. The third kappa shape index (κ3) is 8.80. The zero-order chi connectivity index (χ0) is 47.0. The van der Waals surface area contributed by atoms with Crippen molar-refractivity contribution in [2.24, 2.45) is 45.8 Å². The van der Waals surface area contributed by atoms with Gasteiger partial charge in [0.15, 0.2) is 18.9 Å². The fourth-order valence-electron chi connectivity index (χ4n) is 14.1. The van der Waals surface area contributed by atoms with Crippen molar-refractivity contribution in [2.75, 3.05) is 19.8 Å². The standard InChI is InChI=1S/C46H78O18/c1-20(2)9-8-12-46(7,64-41-37(58)34(55)32(53)27(17-47)61-41)21-10-13-44(5)23-16-26(39-43(3,4)29(51)11-14-45(39,6)22(23)15-24(49)30(21)44)60-42-38(35(56)33(54)28(18-48)62-42)63-40-36(57)31(52)25(50)19-59-40/h9,21-42,47-58H,8,10-19H2,1-7H3. The molecule has 3 saturated heterocycles. The van der Waals surface area contributed by atoms with Gasteiger partial charge in [0.1, 0.15) is 67.1 Å². The van der Waals surface area contributed by atoms with Crippen molar-refractivity contribution < 1.29 is 89.7 Å². The molecule has 3 aliphatic heterocycles. The maximum atomic E-state index is 12.6. The SMILES string of the molecule is CC(C)=CCCC(C)(OC1OC(CO)C(O)C(O)C1O)C1CCC2(C)C3CC(OC4OC(CO)C(O)C(O)C4OC4OCC(O)C(O)C4O)C4C(C)(C)C(O)CCC4(C)C3CC(O)C12. The summed E-state index contributed by atoms with van der Waals surface area (Å²) in [4.78, 5) is 0. The number of aliphatic hydroxyl groups is 12. The van der Waals surface area contributed by atoms with Crippen molar-refractivity contribution in [3.63, 3.8) is 0 Å². The van der Waals surface area contributed by atoms with E-state index in [-0.39, 0.29) is 36.2 Å². The summed E-state index contributed by atoms with van der Waals surface area (Å²) >= 11 is 0. The lowest BCUT2D eigenvalue weighted by molar-refractivity contribution is -0.373. The molecule has 0 aromatic rings. The van der Waals surface area contributed by atoms with Gasteiger partial charge >= 0.3 is 0 Å². The molecule has 0 spiro atoms. The molecule has 7 fully saturated rings. The number of ether oxygens (including phenoxy) is 6. The van der Waals surface area contributed by atoms with Crippen LogP contribution in [0.4, 0.5) is 0 Å². The van der Waals surface area contributed by atoms with Crippen LogP contribution in [0.2, 0.25) is 0 Å². The second-order valence-electron chi connectivity index (χ2n) is 22.0. The maximum absolute atomic E-state index is 12.6. The minimum Gasteiger partial charge on any atom is -0.394 e. The van der Waals surface area contributed by atoms with Gasteiger partial charge in [-0.1, -0.05) is 39.3 Å². The molecule has 12 N–H and O–H groups in total. The van der Waals surface area contributed by atoms with Crippen LogP contribution in [-0.2, 0) is 28.4 Å². The Labute approximate surface area is 376 Å². The van der Waals surface area contributed by atoms with Crippen molar-refractivity contribution in [2.45, 2.75) is 210 Å². The quantitative estimate of drug-likeness (QED) is 0.0842. The lowest BCUT2D eigenvalue weighted by Gasteiger charge is -2.68. The summed E-state index contributed by atoms with van der Waals surface area (Å²) in [5.74, 6) is -1.06. The van der Waals surface area contributed by atoms with Gasteiger partial charge in [0, 0.05) is 0 Å². The smallest absolute Gasteiger partial charge is 0.187 e. The lowest BCUT2D eigenvalue weighted by Crippen LogP contribution is -2.68. The normalized spacial score (nSPS) is 52.5. The van der Waals surface area contributed by atoms with Gasteiger partial charge in [-0.25, -0.2) is 0 Å². The van der Waals surface area contributed by atoms with Gasteiger partial charge in [-0.3, -0.25) is 0 Å². The molecule has 370 valence electrons. The van der Waals surface area contributed by atoms with Crippen molar-refractivity contribution in [3.8, 4) is 0 Å². The van der Waals surface area contributed by atoms with Crippen molar-refractivity contribution in [1.82, 2.24) is 0 Å². The van der Waals surface area contributed by atoms with Crippen molar-refractivity contribution in [1.29, 1.82) is 0 Å². The Morgan fingerprint density at radius 3 is 1.91 bits per heavy atom. The van der Waals surface area contributed by atoms with E-state index in [0.29, 0.717) is 51.4 Å². The minimum atomic E-state index is -1.73. The topological polar surface area (TPSA) is 298 Å². The van der Waals surface area contributed by atoms with E-state index < -0.39 is 139 Å². The lowest BCUT2D eigenvalue weighted by atomic mass is 9.39. The number of hydrogen-bond donors (Lipinski definition) is 12. The predicted molar refractivity (Wildman–Crippen MR) is 224 cm³/mol. The van der Waals surface area contributed by atoms with Crippen LogP contribution in [0, 0.1) is 45.8 Å². The maximum Gasteiger partial charge on any atom is 0.187 e. The van der Waals surface area contributed by atoms with E-state index >= 15 is 0 Å². The van der Waals surface area contributed by atoms with Crippen LogP contribution in [0.15, 0.2) is 11.6 Å². The van der Waals surface area contributed by atoms with E-state index in [0.717, 1.165) is 5.57 Å². The fraction of sp³-hybridized carbons (Fsp3) is 0.957. The van der Waals surface area contributed by atoms with E-state index in [1.165, 1.54) is 0 Å². The molecular weight excluding hydrogens is 840 g/mol. The average molecular weight is 919 g/mol. The van der Waals surface area contributed by atoms with Gasteiger partial charge in [0.05, 0.1) is 43.7 Å². The molecule has 4 aliphatic carbocycles. The van der Waals surface area contributed by atoms with Crippen LogP contribution in [-0.4, -0.2) is 191 Å². The molecule has 3 heterocycles. The zero-order valence-electron chi connectivity index (χ0n) is 38.4. The Balaban J connectivity index is 1.24.